The molecule has 7 heteroatoms. The number of aryl methyl sites for hydroxylation is 1. The Labute approximate surface area is 158 Å². The van der Waals surface area contributed by atoms with Gasteiger partial charge in [0.2, 0.25) is 5.95 Å². The van der Waals surface area contributed by atoms with E-state index in [9.17, 15) is 9.18 Å². The van der Waals surface area contributed by atoms with Gasteiger partial charge in [-0.15, -0.1) is 0 Å². The van der Waals surface area contributed by atoms with Crippen LogP contribution in [0.2, 0.25) is 0 Å². The maximum absolute atomic E-state index is 13.9. The van der Waals surface area contributed by atoms with Crippen LogP contribution in [-0.4, -0.2) is 54.1 Å². The zero-order chi connectivity index (χ0) is 18.6. The Kier molecular flexibility index (Phi) is 5.38. The largest absolute Gasteiger partial charge is 0.367 e. The van der Waals surface area contributed by atoms with E-state index in [4.69, 9.17) is 0 Å². The van der Waals surface area contributed by atoms with Crippen molar-refractivity contribution in [3.05, 3.63) is 51.7 Å². The Hall–Kier alpha value is -2.41. The Morgan fingerprint density at radius 1 is 1.15 bits per heavy atom. The molecule has 6 nitrogen and oxygen atoms in total. The number of nitrogens with one attached hydrogen (secondary N) is 2. The van der Waals surface area contributed by atoms with Crippen molar-refractivity contribution < 1.29 is 4.39 Å². The molecule has 1 aromatic heterocycles. The van der Waals surface area contributed by atoms with E-state index in [-0.39, 0.29) is 11.4 Å². The maximum atomic E-state index is 13.9. The second kappa shape index (κ2) is 8.08. The SMILES string of the molecule is O=c1[nH]c(NCCCN2CCN(c3ccccc3F)CC2)nc2c1CCC2. The molecule has 0 amide bonds. The summed E-state index contributed by atoms with van der Waals surface area (Å²) in [6, 6.07) is 6.98. The fourth-order valence-electron chi connectivity index (χ4n) is 3.96. The van der Waals surface area contributed by atoms with E-state index in [1.54, 1.807) is 6.07 Å². The van der Waals surface area contributed by atoms with E-state index < -0.39 is 0 Å². The van der Waals surface area contributed by atoms with Gasteiger partial charge in [-0.25, -0.2) is 9.37 Å². The molecule has 2 N–H and O–H groups in total. The first kappa shape index (κ1) is 18.0. The lowest BCUT2D eigenvalue weighted by atomic mass is 10.2. The summed E-state index contributed by atoms with van der Waals surface area (Å²) in [6.07, 6.45) is 3.74. The van der Waals surface area contributed by atoms with Gasteiger partial charge in [-0.05, 0) is 44.4 Å². The number of halogens is 1. The molecule has 2 aliphatic rings. The van der Waals surface area contributed by atoms with Gasteiger partial charge in [0.05, 0.1) is 11.4 Å². The molecule has 4 rings (SSSR count). The van der Waals surface area contributed by atoms with Crippen LogP contribution in [0, 0.1) is 5.82 Å². The molecule has 0 spiro atoms. The predicted molar refractivity (Wildman–Crippen MR) is 105 cm³/mol. The van der Waals surface area contributed by atoms with E-state index in [1.165, 1.54) is 6.07 Å². The first-order valence-electron chi connectivity index (χ1n) is 9.78. The standard InChI is InChI=1S/C20H26FN5O/c21-16-6-1-2-8-18(16)26-13-11-25(12-14-26)10-4-9-22-20-23-17-7-3-5-15(17)19(27)24-20/h1-2,6,8H,3-5,7,9-14H2,(H2,22,23,24,27). The molecule has 1 aliphatic heterocycles. The molecule has 144 valence electrons. The first-order chi connectivity index (χ1) is 13.2. The van der Waals surface area contributed by atoms with E-state index in [1.807, 2.05) is 12.1 Å². The highest BCUT2D eigenvalue weighted by Crippen LogP contribution is 2.20. The van der Waals surface area contributed by atoms with Crippen LogP contribution < -0.4 is 15.8 Å². The van der Waals surface area contributed by atoms with Crippen LogP contribution in [0.5, 0.6) is 0 Å². The molecule has 27 heavy (non-hydrogen) atoms. The van der Waals surface area contributed by atoms with Gasteiger partial charge < -0.3 is 10.2 Å². The van der Waals surface area contributed by atoms with E-state index in [2.05, 4.69) is 25.1 Å². The highest BCUT2D eigenvalue weighted by atomic mass is 19.1. The number of hydrogen-bond donors (Lipinski definition) is 2. The van der Waals surface area contributed by atoms with Gasteiger partial charge in [-0.3, -0.25) is 14.7 Å². The minimum Gasteiger partial charge on any atom is -0.367 e. The molecule has 1 aliphatic carbocycles. The topological polar surface area (TPSA) is 64.3 Å². The molecule has 0 bridgehead atoms. The third kappa shape index (κ3) is 4.13. The molecule has 0 radical (unpaired) electrons. The fourth-order valence-corrected chi connectivity index (χ4v) is 3.96. The first-order valence-corrected chi connectivity index (χ1v) is 9.78. The predicted octanol–water partition coefficient (Wildman–Crippen LogP) is 2.02. The smallest absolute Gasteiger partial charge is 0.255 e. The number of H-pyrrole nitrogens is 1. The van der Waals surface area contributed by atoms with Gasteiger partial charge in [0, 0.05) is 38.3 Å². The van der Waals surface area contributed by atoms with Crippen molar-refractivity contribution in [2.75, 3.05) is 49.5 Å². The summed E-state index contributed by atoms with van der Waals surface area (Å²) >= 11 is 0. The average molecular weight is 371 g/mol. The number of fused-ring (bicyclic) bond motifs is 1. The maximum Gasteiger partial charge on any atom is 0.255 e. The molecule has 0 saturated carbocycles. The number of nitrogens with zero attached hydrogens (tertiary/aromatic N) is 3. The summed E-state index contributed by atoms with van der Waals surface area (Å²) in [5.74, 6) is 0.441. The third-order valence-electron chi connectivity index (χ3n) is 5.45. The van der Waals surface area contributed by atoms with Gasteiger partial charge in [0.1, 0.15) is 5.82 Å². The second-order valence-corrected chi connectivity index (χ2v) is 7.25. The van der Waals surface area contributed by atoms with Crippen molar-refractivity contribution in [3.63, 3.8) is 0 Å². The van der Waals surface area contributed by atoms with Crippen LogP contribution in [0.15, 0.2) is 29.1 Å². The van der Waals surface area contributed by atoms with Crippen LogP contribution >= 0.6 is 0 Å². The summed E-state index contributed by atoms with van der Waals surface area (Å²) in [4.78, 5) is 23.9. The lowest BCUT2D eigenvalue weighted by Gasteiger charge is -2.36. The van der Waals surface area contributed by atoms with E-state index >= 15 is 0 Å². The number of rotatable bonds is 6. The molecule has 2 aromatic rings. The summed E-state index contributed by atoms with van der Waals surface area (Å²) in [6.45, 7) is 5.30. The summed E-state index contributed by atoms with van der Waals surface area (Å²) in [5, 5.41) is 3.24. The Morgan fingerprint density at radius 2 is 1.96 bits per heavy atom. The Bertz CT molecular complexity index is 845. The lowest BCUT2D eigenvalue weighted by molar-refractivity contribution is 0.256. The van der Waals surface area contributed by atoms with Crippen molar-refractivity contribution in [1.29, 1.82) is 0 Å². The minimum atomic E-state index is -0.147. The van der Waals surface area contributed by atoms with Crippen LogP contribution in [0.1, 0.15) is 24.1 Å². The third-order valence-corrected chi connectivity index (χ3v) is 5.45. The lowest BCUT2D eigenvalue weighted by Crippen LogP contribution is -2.47. The zero-order valence-electron chi connectivity index (χ0n) is 15.5. The normalized spacial score (nSPS) is 17.1. The number of aromatic nitrogens is 2. The van der Waals surface area contributed by atoms with Crippen molar-refractivity contribution in [2.24, 2.45) is 0 Å². The Morgan fingerprint density at radius 3 is 2.78 bits per heavy atom. The van der Waals surface area contributed by atoms with Gasteiger partial charge >= 0.3 is 0 Å². The van der Waals surface area contributed by atoms with E-state index in [0.29, 0.717) is 11.6 Å². The van der Waals surface area contributed by atoms with Crippen LogP contribution in [0.4, 0.5) is 16.0 Å². The monoisotopic (exact) mass is 371 g/mol. The van der Waals surface area contributed by atoms with Crippen molar-refractivity contribution in [3.8, 4) is 0 Å². The molecule has 1 aromatic carbocycles. The number of piperazine rings is 1. The molecule has 0 unspecified atom stereocenters. The summed E-state index contributed by atoms with van der Waals surface area (Å²) in [5.41, 5.74) is 2.51. The van der Waals surface area contributed by atoms with Crippen LogP contribution in [0.25, 0.3) is 0 Å². The Balaban J connectivity index is 1.20. The van der Waals surface area contributed by atoms with Gasteiger partial charge in [-0.2, -0.15) is 0 Å². The highest BCUT2D eigenvalue weighted by molar-refractivity contribution is 5.48. The molecule has 1 saturated heterocycles. The van der Waals surface area contributed by atoms with Gasteiger partial charge in [0.15, 0.2) is 0 Å². The van der Waals surface area contributed by atoms with Gasteiger partial charge in [0.25, 0.3) is 5.56 Å². The quantitative estimate of drug-likeness (QED) is 0.761. The number of aromatic amines is 1. The molecular weight excluding hydrogens is 345 g/mol. The fraction of sp³-hybridized carbons (Fsp3) is 0.500. The van der Waals surface area contributed by atoms with Crippen LogP contribution in [0.3, 0.4) is 0 Å². The van der Waals surface area contributed by atoms with E-state index in [0.717, 1.165) is 76.2 Å². The average Bonchev–Trinajstić information content (AvgIpc) is 3.16. The zero-order valence-corrected chi connectivity index (χ0v) is 15.5. The van der Waals surface area contributed by atoms with Crippen molar-refractivity contribution in [1.82, 2.24) is 14.9 Å². The van der Waals surface area contributed by atoms with Crippen molar-refractivity contribution >= 4 is 11.6 Å². The molecular formula is C20H26FN5O. The highest BCUT2D eigenvalue weighted by Gasteiger charge is 2.19. The second-order valence-electron chi connectivity index (χ2n) is 7.25. The molecule has 2 heterocycles. The number of anilines is 2. The summed E-state index contributed by atoms with van der Waals surface area (Å²) < 4.78 is 13.9. The molecule has 0 atom stereocenters. The summed E-state index contributed by atoms with van der Waals surface area (Å²) in [7, 11) is 0. The molecule has 1 fully saturated rings. The van der Waals surface area contributed by atoms with Gasteiger partial charge in [-0.1, -0.05) is 12.1 Å². The minimum absolute atomic E-state index is 0.00395. The van der Waals surface area contributed by atoms with Crippen molar-refractivity contribution in [2.45, 2.75) is 25.7 Å². The number of benzene rings is 1. The number of para-hydroxylation sites is 1. The number of hydrogen-bond acceptors (Lipinski definition) is 5. The van der Waals surface area contributed by atoms with Crippen LogP contribution in [-0.2, 0) is 12.8 Å².